The zero-order valence-corrected chi connectivity index (χ0v) is 14.2. The van der Waals surface area contributed by atoms with Gasteiger partial charge in [-0.05, 0) is 23.8 Å². The molecular weight excluding hydrogens is 304 g/mol. The molecular formula is C21H21F2N. The van der Waals surface area contributed by atoms with Gasteiger partial charge < -0.3 is 4.90 Å². The van der Waals surface area contributed by atoms with Crippen LogP contribution in [0.15, 0.2) is 78.8 Å². The summed E-state index contributed by atoms with van der Waals surface area (Å²) in [5.74, 6) is -0.761. The first kappa shape index (κ1) is 17.7. The Morgan fingerprint density at radius 3 is 2.08 bits per heavy atom. The molecule has 0 saturated heterocycles. The summed E-state index contributed by atoms with van der Waals surface area (Å²) in [4.78, 5) is 1.59. The number of hydrogen-bond acceptors (Lipinski definition) is 1. The monoisotopic (exact) mass is 325 g/mol. The normalized spacial score (nSPS) is 14.1. The molecule has 0 radical (unpaired) electrons. The third-order valence-electron chi connectivity index (χ3n) is 3.76. The van der Waals surface area contributed by atoms with Gasteiger partial charge in [-0.2, -0.15) is 0 Å². The van der Waals surface area contributed by atoms with Crippen LogP contribution < -0.4 is 0 Å². The van der Waals surface area contributed by atoms with Crippen molar-refractivity contribution in [3.8, 4) is 0 Å². The Balaban J connectivity index is 0.00000100. The van der Waals surface area contributed by atoms with Gasteiger partial charge in [0.15, 0.2) is 0 Å². The van der Waals surface area contributed by atoms with E-state index in [1.165, 1.54) is 12.1 Å². The highest BCUT2D eigenvalue weighted by Crippen LogP contribution is 2.39. The first-order valence-corrected chi connectivity index (χ1v) is 7.94. The molecule has 0 saturated carbocycles. The van der Waals surface area contributed by atoms with Crippen molar-refractivity contribution in [1.29, 1.82) is 0 Å². The topological polar surface area (TPSA) is 3.24 Å². The van der Waals surface area contributed by atoms with Crippen LogP contribution >= 0.6 is 0 Å². The molecule has 0 unspecified atom stereocenters. The van der Waals surface area contributed by atoms with E-state index in [0.717, 1.165) is 5.56 Å². The largest absolute Gasteiger partial charge is 0.342 e. The minimum atomic E-state index is -0.415. The molecule has 2 aromatic rings. The smallest absolute Gasteiger partial charge is 0.146 e. The van der Waals surface area contributed by atoms with Crippen molar-refractivity contribution >= 4 is 11.3 Å². The summed E-state index contributed by atoms with van der Waals surface area (Å²) >= 11 is 0. The summed E-state index contributed by atoms with van der Waals surface area (Å²) in [6, 6.07) is 15.9. The van der Waals surface area contributed by atoms with Crippen LogP contribution in [-0.4, -0.2) is 11.9 Å². The van der Waals surface area contributed by atoms with Crippen molar-refractivity contribution in [3.05, 3.63) is 95.7 Å². The van der Waals surface area contributed by atoms with Gasteiger partial charge in [0.05, 0.1) is 11.4 Å². The lowest BCUT2D eigenvalue weighted by Gasteiger charge is -2.30. The molecule has 0 fully saturated rings. The van der Waals surface area contributed by atoms with Crippen LogP contribution in [0.25, 0.3) is 11.3 Å². The number of halogens is 2. The van der Waals surface area contributed by atoms with E-state index in [9.17, 15) is 8.78 Å². The van der Waals surface area contributed by atoms with Gasteiger partial charge >= 0.3 is 0 Å². The second-order valence-electron chi connectivity index (χ2n) is 5.11. The van der Waals surface area contributed by atoms with Crippen molar-refractivity contribution in [1.82, 2.24) is 4.90 Å². The molecule has 124 valence electrons. The maximum Gasteiger partial charge on any atom is 0.146 e. The molecule has 0 bridgehead atoms. The Kier molecular flexibility index (Phi) is 5.69. The van der Waals surface area contributed by atoms with Crippen LogP contribution in [0.4, 0.5) is 8.78 Å². The molecule has 24 heavy (non-hydrogen) atoms. The minimum Gasteiger partial charge on any atom is -0.342 e. The predicted octanol–water partition coefficient (Wildman–Crippen LogP) is 6.03. The molecule has 0 N–H and O–H groups in total. The molecule has 1 aliphatic rings. The maximum atomic E-state index is 14.3. The Morgan fingerprint density at radius 1 is 0.875 bits per heavy atom. The average Bonchev–Trinajstić information content (AvgIpc) is 2.63. The van der Waals surface area contributed by atoms with Crippen LogP contribution in [0.5, 0.6) is 0 Å². The lowest BCUT2D eigenvalue weighted by atomic mass is 9.94. The number of allylic oxidation sites excluding steroid dienone is 3. The Bertz CT molecular complexity index is 788. The molecule has 2 aromatic carbocycles. The van der Waals surface area contributed by atoms with E-state index in [4.69, 9.17) is 0 Å². The van der Waals surface area contributed by atoms with E-state index in [-0.39, 0.29) is 11.5 Å². The highest BCUT2D eigenvalue weighted by Gasteiger charge is 2.25. The number of nitrogens with zero attached hydrogens (tertiary/aromatic N) is 1. The van der Waals surface area contributed by atoms with E-state index in [0.29, 0.717) is 16.8 Å². The Hall–Kier alpha value is -2.68. The predicted molar refractivity (Wildman–Crippen MR) is 97.1 cm³/mol. The first-order valence-electron chi connectivity index (χ1n) is 7.94. The van der Waals surface area contributed by atoms with Crippen molar-refractivity contribution < 1.29 is 8.78 Å². The second-order valence-corrected chi connectivity index (χ2v) is 5.11. The fourth-order valence-electron chi connectivity index (χ4n) is 2.57. The molecule has 3 rings (SSSR count). The van der Waals surface area contributed by atoms with Gasteiger partial charge in [-0.1, -0.05) is 62.9 Å². The van der Waals surface area contributed by atoms with Crippen molar-refractivity contribution in [3.63, 3.8) is 0 Å². The molecule has 0 atom stereocenters. The van der Waals surface area contributed by atoms with E-state index >= 15 is 0 Å². The highest BCUT2D eigenvalue weighted by atomic mass is 19.1. The van der Waals surface area contributed by atoms with E-state index in [1.807, 2.05) is 44.2 Å². The van der Waals surface area contributed by atoms with Gasteiger partial charge in [0.1, 0.15) is 11.6 Å². The maximum absolute atomic E-state index is 14.3. The van der Waals surface area contributed by atoms with Crippen molar-refractivity contribution in [2.75, 3.05) is 7.05 Å². The molecule has 3 heteroatoms. The Morgan fingerprint density at radius 2 is 1.46 bits per heavy atom. The first-order chi connectivity index (χ1) is 11.6. The van der Waals surface area contributed by atoms with Crippen molar-refractivity contribution in [2.45, 2.75) is 13.8 Å². The molecule has 0 spiro atoms. The molecule has 0 aliphatic carbocycles. The van der Waals surface area contributed by atoms with Gasteiger partial charge in [0.2, 0.25) is 0 Å². The molecule has 1 nitrogen and oxygen atoms in total. The van der Waals surface area contributed by atoms with Gasteiger partial charge in [0.25, 0.3) is 0 Å². The summed E-state index contributed by atoms with van der Waals surface area (Å²) in [6.07, 6.45) is 1.42. The summed E-state index contributed by atoms with van der Waals surface area (Å²) in [6.45, 7) is 7.74. The third kappa shape index (κ3) is 3.30. The second kappa shape index (κ2) is 7.73. The van der Waals surface area contributed by atoms with E-state index < -0.39 is 5.83 Å². The van der Waals surface area contributed by atoms with Gasteiger partial charge in [-0.25, -0.2) is 8.78 Å². The minimum absolute atomic E-state index is 0.220. The molecule has 1 heterocycles. The van der Waals surface area contributed by atoms with Gasteiger partial charge in [0, 0.05) is 18.2 Å². The molecule has 0 aromatic heterocycles. The SMILES string of the molecule is C=C1C(F)=CC(c2ccccc2)=C(c2ccccc2F)N1C.CC. The van der Waals surface area contributed by atoms with Crippen LogP contribution in [0.3, 0.4) is 0 Å². The number of likely N-dealkylation sites (N-methyl/N-ethyl adjacent to an activating group) is 1. The zero-order valence-electron chi connectivity index (χ0n) is 14.2. The van der Waals surface area contributed by atoms with E-state index in [1.54, 1.807) is 30.1 Å². The number of rotatable bonds is 2. The van der Waals surface area contributed by atoms with Crippen LogP contribution in [0.1, 0.15) is 25.0 Å². The zero-order chi connectivity index (χ0) is 17.7. The van der Waals surface area contributed by atoms with Gasteiger partial charge in [-0.3, -0.25) is 0 Å². The fourth-order valence-corrected chi connectivity index (χ4v) is 2.57. The molecule has 1 aliphatic heterocycles. The van der Waals surface area contributed by atoms with E-state index in [2.05, 4.69) is 6.58 Å². The average molecular weight is 325 g/mol. The van der Waals surface area contributed by atoms with Crippen LogP contribution in [0.2, 0.25) is 0 Å². The number of benzene rings is 2. The third-order valence-corrected chi connectivity index (χ3v) is 3.76. The standard InChI is InChI=1S/C19H15F2N.C2H6/c1-13-18(21)12-16(14-8-4-3-5-9-14)19(22(13)2)15-10-6-7-11-17(15)20;1-2/h3-12H,1H2,2H3;1-2H3. The highest BCUT2D eigenvalue weighted by molar-refractivity contribution is 5.97. The Labute approximate surface area is 142 Å². The fraction of sp³-hybridized carbons (Fsp3) is 0.143. The van der Waals surface area contributed by atoms with Crippen molar-refractivity contribution in [2.24, 2.45) is 0 Å². The summed E-state index contributed by atoms with van der Waals surface area (Å²) < 4.78 is 28.4. The van der Waals surface area contributed by atoms with Gasteiger partial charge in [-0.15, -0.1) is 0 Å². The summed E-state index contributed by atoms with van der Waals surface area (Å²) in [7, 11) is 1.69. The quantitative estimate of drug-likeness (QED) is 0.651. The lowest BCUT2D eigenvalue weighted by Crippen LogP contribution is -2.21. The lowest BCUT2D eigenvalue weighted by molar-refractivity contribution is 0.524. The number of hydrogen-bond donors (Lipinski definition) is 0. The van der Waals surface area contributed by atoms with Crippen LogP contribution in [0, 0.1) is 5.82 Å². The summed E-state index contributed by atoms with van der Waals surface area (Å²) in [5, 5.41) is 0. The molecule has 0 amide bonds. The summed E-state index contributed by atoms with van der Waals surface area (Å²) in [5.41, 5.74) is 2.72. The van der Waals surface area contributed by atoms with Crippen LogP contribution in [-0.2, 0) is 0 Å².